The largest absolute Gasteiger partial charge is 0.304 e. The minimum absolute atomic E-state index is 0.0714. The van der Waals surface area contributed by atoms with Crippen LogP contribution >= 0.6 is 23.1 Å². The smallest absolute Gasteiger partial charge is 0.229 e. The molecular formula is C13H14N4O2S2. The summed E-state index contributed by atoms with van der Waals surface area (Å²) in [6, 6.07) is 3.98. The van der Waals surface area contributed by atoms with Crippen LogP contribution in [0.15, 0.2) is 22.7 Å². The van der Waals surface area contributed by atoms with Crippen molar-refractivity contribution >= 4 is 34.9 Å². The molecule has 0 saturated carbocycles. The van der Waals surface area contributed by atoms with Gasteiger partial charge in [0.2, 0.25) is 11.8 Å². The molecular weight excluding hydrogens is 308 g/mol. The van der Waals surface area contributed by atoms with E-state index in [0.29, 0.717) is 25.1 Å². The van der Waals surface area contributed by atoms with Gasteiger partial charge in [0, 0.05) is 32.2 Å². The number of thioether (sulfide) groups is 1. The fraction of sp³-hybridized carbons (Fsp3) is 0.385. The number of aromatic nitrogens is 3. The lowest BCUT2D eigenvalue weighted by Crippen LogP contribution is -2.31. The summed E-state index contributed by atoms with van der Waals surface area (Å²) in [6.45, 7) is 0.434. The van der Waals surface area contributed by atoms with Crippen LogP contribution in [0.1, 0.15) is 12.8 Å². The summed E-state index contributed by atoms with van der Waals surface area (Å²) in [5, 5.41) is 11.2. The molecule has 2 aromatic heterocycles. The number of amides is 2. The zero-order valence-electron chi connectivity index (χ0n) is 11.5. The summed E-state index contributed by atoms with van der Waals surface area (Å²) >= 11 is 3.12. The molecule has 110 valence electrons. The van der Waals surface area contributed by atoms with Crippen LogP contribution in [0.5, 0.6) is 0 Å². The third-order valence-corrected chi connectivity index (χ3v) is 5.14. The summed E-state index contributed by atoms with van der Waals surface area (Å²) in [5.41, 5.74) is 0. The summed E-state index contributed by atoms with van der Waals surface area (Å²) < 4.78 is 1.93. The van der Waals surface area contributed by atoms with E-state index in [2.05, 4.69) is 10.2 Å². The number of thiophene rings is 1. The molecule has 1 aliphatic heterocycles. The lowest BCUT2D eigenvalue weighted by Gasteiger charge is -2.12. The number of likely N-dealkylation sites (tertiary alicyclic amines) is 1. The second kappa shape index (κ2) is 5.98. The summed E-state index contributed by atoms with van der Waals surface area (Å²) in [7, 11) is 1.92. The Hall–Kier alpha value is -1.67. The molecule has 0 unspecified atom stereocenters. The third kappa shape index (κ3) is 2.86. The van der Waals surface area contributed by atoms with Crippen molar-refractivity contribution in [1.29, 1.82) is 0 Å². The maximum absolute atomic E-state index is 11.5. The predicted octanol–water partition coefficient (Wildman–Crippen LogP) is 1.78. The van der Waals surface area contributed by atoms with Gasteiger partial charge in [0.05, 0.1) is 4.88 Å². The molecule has 0 bridgehead atoms. The first kappa shape index (κ1) is 14.3. The van der Waals surface area contributed by atoms with Gasteiger partial charge in [-0.25, -0.2) is 0 Å². The standard InChI is InChI=1S/C13H14N4O2S2/c1-16-12(9-3-2-7-20-9)14-15-13(16)21-8-6-17-10(18)4-5-11(17)19/h2-3,7H,4-6,8H2,1H3. The van der Waals surface area contributed by atoms with E-state index in [9.17, 15) is 9.59 Å². The number of rotatable bonds is 5. The van der Waals surface area contributed by atoms with Crippen molar-refractivity contribution in [2.24, 2.45) is 7.05 Å². The van der Waals surface area contributed by atoms with Crippen LogP contribution in [0.3, 0.4) is 0 Å². The van der Waals surface area contributed by atoms with Gasteiger partial charge in [-0.1, -0.05) is 17.8 Å². The van der Waals surface area contributed by atoms with Gasteiger partial charge >= 0.3 is 0 Å². The minimum Gasteiger partial charge on any atom is -0.304 e. The molecule has 0 aromatic carbocycles. The van der Waals surface area contributed by atoms with Crippen LogP contribution in [0, 0.1) is 0 Å². The Morgan fingerprint density at radius 2 is 2.05 bits per heavy atom. The number of carbonyl (C=O) groups excluding carboxylic acids is 2. The van der Waals surface area contributed by atoms with E-state index in [4.69, 9.17) is 0 Å². The van der Waals surface area contributed by atoms with Crippen molar-refractivity contribution in [3.05, 3.63) is 17.5 Å². The first-order chi connectivity index (χ1) is 10.2. The van der Waals surface area contributed by atoms with Gasteiger partial charge in [0.1, 0.15) is 0 Å². The number of hydrogen-bond acceptors (Lipinski definition) is 6. The molecule has 3 heterocycles. The zero-order chi connectivity index (χ0) is 14.8. The topological polar surface area (TPSA) is 68.1 Å². The van der Waals surface area contributed by atoms with Crippen LogP contribution in [0.4, 0.5) is 0 Å². The van der Waals surface area contributed by atoms with E-state index >= 15 is 0 Å². The van der Waals surface area contributed by atoms with Crippen molar-refractivity contribution in [3.63, 3.8) is 0 Å². The maximum Gasteiger partial charge on any atom is 0.229 e. The van der Waals surface area contributed by atoms with Gasteiger partial charge in [-0.2, -0.15) is 0 Å². The molecule has 1 fully saturated rings. The lowest BCUT2D eigenvalue weighted by atomic mass is 10.4. The lowest BCUT2D eigenvalue weighted by molar-refractivity contribution is -0.137. The Balaban J connectivity index is 1.61. The Morgan fingerprint density at radius 3 is 2.71 bits per heavy atom. The fourth-order valence-electron chi connectivity index (χ4n) is 2.16. The van der Waals surface area contributed by atoms with Crippen molar-refractivity contribution in [3.8, 4) is 10.7 Å². The maximum atomic E-state index is 11.5. The van der Waals surface area contributed by atoms with Crippen molar-refractivity contribution in [2.75, 3.05) is 12.3 Å². The second-order valence-electron chi connectivity index (χ2n) is 4.63. The monoisotopic (exact) mass is 322 g/mol. The van der Waals surface area contributed by atoms with Gasteiger partial charge < -0.3 is 4.57 Å². The van der Waals surface area contributed by atoms with Crippen LogP contribution in [0.25, 0.3) is 10.7 Å². The van der Waals surface area contributed by atoms with Gasteiger partial charge in [0.25, 0.3) is 0 Å². The highest BCUT2D eigenvalue weighted by molar-refractivity contribution is 7.99. The first-order valence-electron chi connectivity index (χ1n) is 6.56. The van der Waals surface area contributed by atoms with Gasteiger partial charge in [-0.3, -0.25) is 14.5 Å². The van der Waals surface area contributed by atoms with Crippen LogP contribution in [0.2, 0.25) is 0 Å². The zero-order valence-corrected chi connectivity index (χ0v) is 13.1. The number of hydrogen-bond donors (Lipinski definition) is 0. The first-order valence-corrected chi connectivity index (χ1v) is 8.42. The molecule has 21 heavy (non-hydrogen) atoms. The normalized spacial score (nSPS) is 15.2. The molecule has 0 radical (unpaired) electrons. The van der Waals surface area contributed by atoms with E-state index in [1.807, 2.05) is 29.1 Å². The highest BCUT2D eigenvalue weighted by Crippen LogP contribution is 2.26. The Kier molecular flexibility index (Phi) is 4.07. The average molecular weight is 322 g/mol. The summed E-state index contributed by atoms with van der Waals surface area (Å²) in [4.78, 5) is 25.4. The van der Waals surface area contributed by atoms with Crippen LogP contribution < -0.4 is 0 Å². The molecule has 0 spiro atoms. The molecule has 6 nitrogen and oxygen atoms in total. The Morgan fingerprint density at radius 1 is 1.29 bits per heavy atom. The molecule has 1 aliphatic rings. The predicted molar refractivity (Wildman–Crippen MR) is 81.0 cm³/mol. The quantitative estimate of drug-likeness (QED) is 0.620. The van der Waals surface area contributed by atoms with Crippen LogP contribution in [-0.2, 0) is 16.6 Å². The van der Waals surface area contributed by atoms with Gasteiger partial charge in [0.15, 0.2) is 11.0 Å². The van der Waals surface area contributed by atoms with Gasteiger partial charge in [-0.15, -0.1) is 21.5 Å². The van der Waals surface area contributed by atoms with E-state index in [-0.39, 0.29) is 11.8 Å². The van der Waals surface area contributed by atoms with Crippen LogP contribution in [-0.4, -0.2) is 43.8 Å². The van der Waals surface area contributed by atoms with E-state index in [0.717, 1.165) is 15.9 Å². The van der Waals surface area contributed by atoms with E-state index in [1.165, 1.54) is 16.7 Å². The SMILES string of the molecule is Cn1c(SCCN2C(=O)CCC2=O)nnc1-c1cccs1. The van der Waals surface area contributed by atoms with Crippen molar-refractivity contribution in [2.45, 2.75) is 18.0 Å². The summed E-state index contributed by atoms with van der Waals surface area (Å²) in [6.07, 6.45) is 0.686. The Labute approximate surface area is 130 Å². The highest BCUT2D eigenvalue weighted by atomic mass is 32.2. The molecule has 2 aromatic rings. The minimum atomic E-state index is -0.0714. The average Bonchev–Trinajstić information content (AvgIpc) is 3.16. The molecule has 3 rings (SSSR count). The van der Waals surface area contributed by atoms with E-state index < -0.39 is 0 Å². The number of nitrogens with zero attached hydrogens (tertiary/aromatic N) is 4. The number of carbonyl (C=O) groups is 2. The molecule has 1 saturated heterocycles. The summed E-state index contributed by atoms with van der Waals surface area (Å²) in [5.74, 6) is 1.32. The molecule has 2 amide bonds. The third-order valence-electron chi connectivity index (χ3n) is 3.28. The van der Waals surface area contributed by atoms with E-state index in [1.54, 1.807) is 11.3 Å². The second-order valence-corrected chi connectivity index (χ2v) is 6.64. The molecule has 0 aliphatic carbocycles. The fourth-order valence-corrected chi connectivity index (χ4v) is 3.74. The molecule has 8 heteroatoms. The number of imide groups is 1. The Bertz CT molecular complexity index is 650. The van der Waals surface area contributed by atoms with Gasteiger partial charge in [-0.05, 0) is 11.4 Å². The molecule has 0 atom stereocenters. The van der Waals surface area contributed by atoms with Crippen molar-refractivity contribution in [1.82, 2.24) is 19.7 Å². The van der Waals surface area contributed by atoms with Crippen molar-refractivity contribution < 1.29 is 9.59 Å². The molecule has 0 N–H and O–H groups in total. The highest BCUT2D eigenvalue weighted by Gasteiger charge is 2.28.